The van der Waals surface area contributed by atoms with Crippen molar-refractivity contribution >= 4 is 11.9 Å². The normalized spacial score (nSPS) is 16.6. The zero-order chi connectivity index (χ0) is 31.3. The number of carbonyl (C=O) groups is 2. The van der Waals surface area contributed by atoms with Gasteiger partial charge in [0.1, 0.15) is 0 Å². The van der Waals surface area contributed by atoms with Gasteiger partial charge in [-0.05, 0) is 77.3 Å². The van der Waals surface area contributed by atoms with Crippen molar-refractivity contribution in [3.8, 4) is 0 Å². The number of aliphatic carboxylic acids is 2. The van der Waals surface area contributed by atoms with Crippen LogP contribution in [-0.2, 0) is 19.7 Å². The van der Waals surface area contributed by atoms with Crippen molar-refractivity contribution in [3.05, 3.63) is 57.9 Å². The fraction of sp³-hybridized carbons (Fsp3) is 0.667. The SMILES string of the molecule is CCCCCCCCCC(CCCC(C)OCC)c1ccccc1C1(CC)C(C(=O)O)=C(C)N(CC)C(C)=C1C(=O)O. The van der Waals surface area contributed by atoms with Crippen LogP contribution in [0.5, 0.6) is 0 Å². The fourth-order valence-electron chi connectivity index (χ4n) is 7.29. The summed E-state index contributed by atoms with van der Waals surface area (Å²) in [6.45, 7) is 15.1. The Morgan fingerprint density at radius 1 is 0.810 bits per heavy atom. The van der Waals surface area contributed by atoms with Crippen LogP contribution in [0, 0.1) is 0 Å². The van der Waals surface area contributed by atoms with E-state index in [0.29, 0.717) is 31.0 Å². The molecular formula is C36H57NO5. The van der Waals surface area contributed by atoms with E-state index in [2.05, 4.69) is 19.9 Å². The summed E-state index contributed by atoms with van der Waals surface area (Å²) < 4.78 is 5.80. The van der Waals surface area contributed by atoms with Gasteiger partial charge >= 0.3 is 11.9 Å². The largest absolute Gasteiger partial charge is 0.478 e. The summed E-state index contributed by atoms with van der Waals surface area (Å²) in [6.07, 6.45) is 13.1. The molecular weight excluding hydrogens is 526 g/mol. The molecule has 2 unspecified atom stereocenters. The average Bonchev–Trinajstić information content (AvgIpc) is 2.95. The van der Waals surface area contributed by atoms with E-state index in [4.69, 9.17) is 4.74 Å². The summed E-state index contributed by atoms with van der Waals surface area (Å²) in [5, 5.41) is 21.3. The van der Waals surface area contributed by atoms with Crippen LogP contribution in [-0.4, -0.2) is 46.3 Å². The molecule has 0 saturated carbocycles. The Bertz CT molecular complexity index is 1050. The number of ether oxygens (including phenoxy) is 1. The predicted molar refractivity (Wildman–Crippen MR) is 172 cm³/mol. The van der Waals surface area contributed by atoms with Crippen LogP contribution in [0.15, 0.2) is 46.8 Å². The summed E-state index contributed by atoms with van der Waals surface area (Å²) >= 11 is 0. The predicted octanol–water partition coefficient (Wildman–Crippen LogP) is 9.21. The van der Waals surface area contributed by atoms with Crippen LogP contribution in [0.4, 0.5) is 0 Å². The first-order valence-electron chi connectivity index (χ1n) is 16.5. The van der Waals surface area contributed by atoms with Gasteiger partial charge in [-0.25, -0.2) is 9.59 Å². The fourth-order valence-corrected chi connectivity index (χ4v) is 7.29. The zero-order valence-electron chi connectivity index (χ0n) is 27.4. The number of rotatable bonds is 20. The van der Waals surface area contributed by atoms with Gasteiger partial charge in [-0.3, -0.25) is 0 Å². The Labute approximate surface area is 255 Å². The first-order valence-corrected chi connectivity index (χ1v) is 16.5. The van der Waals surface area contributed by atoms with Gasteiger partial charge in [-0.15, -0.1) is 0 Å². The third-order valence-electron chi connectivity index (χ3n) is 9.29. The molecule has 0 spiro atoms. The molecule has 1 aromatic carbocycles. The van der Waals surface area contributed by atoms with Crippen molar-refractivity contribution in [2.24, 2.45) is 0 Å². The number of hydrogen-bond acceptors (Lipinski definition) is 4. The molecule has 2 atom stereocenters. The molecule has 0 radical (unpaired) electrons. The quantitative estimate of drug-likeness (QED) is 0.149. The maximum absolute atomic E-state index is 13.0. The molecule has 0 aliphatic carbocycles. The highest BCUT2D eigenvalue weighted by Crippen LogP contribution is 2.52. The Kier molecular flexibility index (Phi) is 14.8. The Hall–Kier alpha value is -2.60. The molecule has 0 bridgehead atoms. The molecule has 2 rings (SSSR count). The smallest absolute Gasteiger partial charge is 0.334 e. The summed E-state index contributed by atoms with van der Waals surface area (Å²) in [7, 11) is 0. The molecule has 1 heterocycles. The summed E-state index contributed by atoms with van der Waals surface area (Å²) in [5.74, 6) is -1.89. The Morgan fingerprint density at radius 2 is 1.36 bits per heavy atom. The van der Waals surface area contributed by atoms with Crippen molar-refractivity contribution < 1.29 is 24.5 Å². The summed E-state index contributed by atoms with van der Waals surface area (Å²) in [6, 6.07) is 8.08. The van der Waals surface area contributed by atoms with E-state index in [1.807, 2.05) is 57.7 Å². The van der Waals surface area contributed by atoms with Crippen molar-refractivity contribution in [3.63, 3.8) is 0 Å². The van der Waals surface area contributed by atoms with Gasteiger partial charge in [0.05, 0.1) is 22.7 Å². The van der Waals surface area contributed by atoms with Crippen molar-refractivity contribution in [1.82, 2.24) is 4.90 Å². The lowest BCUT2D eigenvalue weighted by Gasteiger charge is -2.45. The van der Waals surface area contributed by atoms with Crippen molar-refractivity contribution in [1.29, 1.82) is 0 Å². The minimum absolute atomic E-state index is 0.182. The molecule has 1 aliphatic heterocycles. The molecule has 6 heteroatoms. The minimum Gasteiger partial charge on any atom is -0.478 e. The number of hydrogen-bond donors (Lipinski definition) is 2. The van der Waals surface area contributed by atoms with Crippen LogP contribution < -0.4 is 0 Å². The van der Waals surface area contributed by atoms with E-state index in [1.54, 1.807) is 0 Å². The summed E-state index contributed by atoms with van der Waals surface area (Å²) in [4.78, 5) is 27.9. The number of carboxylic acid groups (broad SMARTS) is 2. The van der Waals surface area contributed by atoms with Crippen molar-refractivity contribution in [2.45, 2.75) is 143 Å². The molecule has 1 aliphatic rings. The number of carboxylic acids is 2. The second kappa shape index (κ2) is 17.5. The van der Waals surface area contributed by atoms with Crippen LogP contribution in [0.2, 0.25) is 0 Å². The maximum atomic E-state index is 13.0. The van der Waals surface area contributed by atoms with Gasteiger partial charge < -0.3 is 19.8 Å². The Balaban J connectivity index is 2.63. The minimum atomic E-state index is -1.24. The van der Waals surface area contributed by atoms with Crippen LogP contribution in [0.1, 0.15) is 143 Å². The number of benzene rings is 1. The third-order valence-corrected chi connectivity index (χ3v) is 9.29. The lowest BCUT2D eigenvalue weighted by Crippen LogP contribution is -2.46. The van der Waals surface area contributed by atoms with E-state index in [0.717, 1.165) is 43.2 Å². The van der Waals surface area contributed by atoms with Gasteiger partial charge in [-0.2, -0.15) is 0 Å². The number of allylic oxidation sites excluding steroid dienone is 2. The summed E-state index contributed by atoms with van der Waals surface area (Å²) in [5.41, 5.74) is 2.30. The number of unbranched alkanes of at least 4 members (excludes halogenated alkanes) is 6. The molecule has 0 amide bonds. The monoisotopic (exact) mass is 583 g/mol. The highest BCUT2D eigenvalue weighted by Gasteiger charge is 2.51. The second-order valence-corrected chi connectivity index (χ2v) is 11.9. The number of nitrogens with zero attached hydrogens (tertiary/aromatic N) is 1. The topological polar surface area (TPSA) is 87.1 Å². The van der Waals surface area contributed by atoms with Gasteiger partial charge in [0.25, 0.3) is 0 Å². The second-order valence-electron chi connectivity index (χ2n) is 11.9. The van der Waals surface area contributed by atoms with E-state index in [9.17, 15) is 19.8 Å². The third kappa shape index (κ3) is 8.27. The maximum Gasteiger partial charge on any atom is 0.334 e. The first-order chi connectivity index (χ1) is 20.1. The van der Waals surface area contributed by atoms with Crippen LogP contribution in [0.25, 0.3) is 0 Å². The molecule has 1 aromatic rings. The average molecular weight is 584 g/mol. The molecule has 236 valence electrons. The Morgan fingerprint density at radius 3 is 1.88 bits per heavy atom. The lowest BCUT2D eigenvalue weighted by molar-refractivity contribution is -0.134. The van der Waals surface area contributed by atoms with Crippen LogP contribution in [0.3, 0.4) is 0 Å². The highest BCUT2D eigenvalue weighted by atomic mass is 16.5. The molecule has 0 aromatic heterocycles. The molecule has 0 fully saturated rings. The van der Waals surface area contributed by atoms with Gasteiger partial charge in [0.15, 0.2) is 0 Å². The zero-order valence-corrected chi connectivity index (χ0v) is 27.4. The van der Waals surface area contributed by atoms with Gasteiger partial charge in [0, 0.05) is 24.5 Å². The highest BCUT2D eigenvalue weighted by molar-refractivity contribution is 6.00. The molecule has 6 nitrogen and oxygen atoms in total. The van der Waals surface area contributed by atoms with Gasteiger partial charge in [-0.1, -0.05) is 89.5 Å². The first kappa shape index (κ1) is 35.6. The standard InChI is InChI=1S/C36H57NO5/c1-8-12-13-14-15-16-17-22-29(23-20-21-26(5)42-11-4)30-24-18-19-25-31(30)36(9-2)32(34(38)39)27(6)37(10-3)28(7)33(36)35(40)41/h18-19,24-26,29H,8-17,20-23H2,1-7H3,(H,38,39)(H,40,41). The van der Waals surface area contributed by atoms with E-state index >= 15 is 0 Å². The van der Waals surface area contributed by atoms with E-state index in [1.165, 1.54) is 38.5 Å². The molecule has 0 saturated heterocycles. The molecule has 42 heavy (non-hydrogen) atoms. The van der Waals surface area contributed by atoms with Gasteiger partial charge in [0.2, 0.25) is 0 Å². The van der Waals surface area contributed by atoms with Crippen LogP contribution >= 0.6 is 0 Å². The van der Waals surface area contributed by atoms with Crippen molar-refractivity contribution in [2.75, 3.05) is 13.2 Å². The van der Waals surface area contributed by atoms with E-state index in [-0.39, 0.29) is 23.2 Å². The van der Waals surface area contributed by atoms with E-state index < -0.39 is 17.4 Å². The lowest BCUT2D eigenvalue weighted by atomic mass is 9.61. The molecule has 2 N–H and O–H groups in total.